The first kappa shape index (κ1) is 19.9. The summed E-state index contributed by atoms with van der Waals surface area (Å²) in [5, 5.41) is 11.7. The van der Waals surface area contributed by atoms with Crippen molar-refractivity contribution in [2.75, 3.05) is 13.2 Å². The maximum Gasteiger partial charge on any atom is 0.246 e. The van der Waals surface area contributed by atoms with Gasteiger partial charge in [-0.05, 0) is 31.8 Å². The van der Waals surface area contributed by atoms with E-state index in [4.69, 9.17) is 16.4 Å². The molecule has 0 spiro atoms. The second-order valence-electron chi connectivity index (χ2n) is 5.86. The Morgan fingerprint density at radius 1 is 1.58 bits per heavy atom. The van der Waals surface area contributed by atoms with Crippen LogP contribution in [0.5, 0.6) is 0 Å². The highest BCUT2D eigenvalue weighted by atomic mass is 16.5. The third-order valence-electron chi connectivity index (χ3n) is 3.73. The monoisotopic (exact) mass is 334 g/mol. The van der Waals surface area contributed by atoms with E-state index in [9.17, 15) is 9.59 Å². The van der Waals surface area contributed by atoms with Gasteiger partial charge in [-0.25, -0.2) is 5.48 Å². The number of nitrogens with one attached hydrogen (secondary N) is 2. The molecule has 0 saturated heterocycles. The number of hydroxylamine groups is 1. The van der Waals surface area contributed by atoms with E-state index in [2.05, 4.69) is 11.2 Å². The summed E-state index contributed by atoms with van der Waals surface area (Å²) in [6, 6.07) is -0.0899. The van der Waals surface area contributed by atoms with Gasteiger partial charge < -0.3 is 10.1 Å². The highest BCUT2D eigenvalue weighted by molar-refractivity contribution is 5.85. The minimum atomic E-state index is -0.569. The van der Waals surface area contributed by atoms with Crippen LogP contribution in [0.2, 0.25) is 0 Å². The topological polar surface area (TPSA) is 87.7 Å². The van der Waals surface area contributed by atoms with Gasteiger partial charge in [0.25, 0.3) is 0 Å². The summed E-state index contributed by atoms with van der Waals surface area (Å²) in [4.78, 5) is 23.8. The largest absolute Gasteiger partial charge is 0.377 e. The van der Waals surface area contributed by atoms with E-state index in [0.717, 1.165) is 5.57 Å². The molecule has 6 heteroatoms. The minimum absolute atomic E-state index is 0.0377. The van der Waals surface area contributed by atoms with Gasteiger partial charge in [0.05, 0.1) is 6.61 Å². The van der Waals surface area contributed by atoms with Gasteiger partial charge in [0.2, 0.25) is 11.8 Å². The summed E-state index contributed by atoms with van der Waals surface area (Å²) in [6.07, 6.45) is 13.4. The van der Waals surface area contributed by atoms with Crippen LogP contribution >= 0.6 is 0 Å². The van der Waals surface area contributed by atoms with Crippen LogP contribution < -0.4 is 10.8 Å². The number of carbonyl (C=O) groups excluding carboxylic acids is 2. The molecule has 0 aliphatic carbocycles. The molecule has 1 heterocycles. The number of carbonyl (C=O) groups is 2. The normalized spacial score (nSPS) is 26.7. The Hall–Kier alpha value is -2.10. The van der Waals surface area contributed by atoms with Crippen molar-refractivity contribution in [3.63, 3.8) is 0 Å². The van der Waals surface area contributed by atoms with Crippen molar-refractivity contribution in [3.05, 3.63) is 23.8 Å². The molecule has 2 amide bonds. The van der Waals surface area contributed by atoms with Crippen molar-refractivity contribution in [2.45, 2.75) is 45.1 Å². The standard InChI is InChI=1S/C18H26N2O4/c1-3-4-7-15-8-5-10-24-11-6-9-16(18(22)20-23)13-17(21)19-14(2)12-15/h1,5,7-8,14,16,23H,4,6,9-13H2,2H3,(H,19,21)(H,20,22)/b8-5-,15-7+. The van der Waals surface area contributed by atoms with E-state index in [1.807, 2.05) is 25.2 Å². The second-order valence-corrected chi connectivity index (χ2v) is 5.86. The maximum atomic E-state index is 12.1. The molecule has 0 fully saturated rings. The number of amides is 2. The molecule has 1 aliphatic rings. The van der Waals surface area contributed by atoms with Gasteiger partial charge in [-0.15, -0.1) is 12.3 Å². The predicted octanol–water partition coefficient (Wildman–Crippen LogP) is 1.71. The summed E-state index contributed by atoms with van der Waals surface area (Å²) in [5.41, 5.74) is 2.67. The summed E-state index contributed by atoms with van der Waals surface area (Å²) < 4.78 is 5.50. The third-order valence-corrected chi connectivity index (χ3v) is 3.73. The third kappa shape index (κ3) is 7.95. The Labute approximate surface area is 143 Å². The maximum absolute atomic E-state index is 12.1. The molecule has 2 atom stereocenters. The number of terminal acetylenes is 1. The molecule has 24 heavy (non-hydrogen) atoms. The number of hydrogen-bond acceptors (Lipinski definition) is 4. The molecule has 2 unspecified atom stereocenters. The van der Waals surface area contributed by atoms with E-state index in [-0.39, 0.29) is 18.4 Å². The van der Waals surface area contributed by atoms with Gasteiger partial charge in [0.1, 0.15) is 0 Å². The van der Waals surface area contributed by atoms with Gasteiger partial charge in [0.15, 0.2) is 0 Å². The van der Waals surface area contributed by atoms with Crippen molar-refractivity contribution in [3.8, 4) is 12.3 Å². The van der Waals surface area contributed by atoms with Crippen molar-refractivity contribution in [1.29, 1.82) is 0 Å². The van der Waals surface area contributed by atoms with Crippen LogP contribution in [0.15, 0.2) is 23.8 Å². The Morgan fingerprint density at radius 2 is 2.38 bits per heavy atom. The van der Waals surface area contributed by atoms with Crippen LogP contribution in [0.25, 0.3) is 0 Å². The fourth-order valence-electron chi connectivity index (χ4n) is 2.57. The number of ether oxygens (including phenoxy) is 1. The zero-order valence-electron chi connectivity index (χ0n) is 14.1. The fourth-order valence-corrected chi connectivity index (χ4v) is 2.57. The van der Waals surface area contributed by atoms with Crippen LogP contribution in [0.1, 0.15) is 39.0 Å². The zero-order valence-corrected chi connectivity index (χ0v) is 14.1. The van der Waals surface area contributed by atoms with E-state index >= 15 is 0 Å². The van der Waals surface area contributed by atoms with E-state index in [1.165, 1.54) is 0 Å². The minimum Gasteiger partial charge on any atom is -0.377 e. The molecular weight excluding hydrogens is 308 g/mol. The Morgan fingerprint density at radius 3 is 3.08 bits per heavy atom. The van der Waals surface area contributed by atoms with E-state index in [1.54, 1.807) is 5.48 Å². The van der Waals surface area contributed by atoms with Gasteiger partial charge in [-0.1, -0.05) is 18.2 Å². The zero-order chi connectivity index (χ0) is 17.8. The molecule has 0 aromatic rings. The molecule has 6 nitrogen and oxygen atoms in total. The molecular formula is C18H26N2O4. The van der Waals surface area contributed by atoms with Gasteiger partial charge >= 0.3 is 0 Å². The first-order chi connectivity index (χ1) is 11.6. The summed E-state index contributed by atoms with van der Waals surface area (Å²) in [5.74, 6) is 1.25. The van der Waals surface area contributed by atoms with Gasteiger partial charge in [-0.3, -0.25) is 14.8 Å². The summed E-state index contributed by atoms with van der Waals surface area (Å²) in [7, 11) is 0. The predicted molar refractivity (Wildman–Crippen MR) is 91.0 cm³/mol. The van der Waals surface area contributed by atoms with Crippen molar-refractivity contribution < 1.29 is 19.5 Å². The average Bonchev–Trinajstić information content (AvgIpc) is 2.55. The quantitative estimate of drug-likeness (QED) is 0.407. The lowest BCUT2D eigenvalue weighted by Gasteiger charge is -2.18. The smallest absolute Gasteiger partial charge is 0.246 e. The number of allylic oxidation sites excluding steroid dienone is 2. The van der Waals surface area contributed by atoms with Crippen LogP contribution in [-0.4, -0.2) is 36.3 Å². The van der Waals surface area contributed by atoms with Crippen molar-refractivity contribution >= 4 is 11.8 Å². The highest BCUT2D eigenvalue weighted by Crippen LogP contribution is 2.14. The van der Waals surface area contributed by atoms with Crippen LogP contribution in [0.4, 0.5) is 0 Å². The Bertz CT molecular complexity index is 520. The molecule has 0 bridgehead atoms. The molecule has 0 aromatic heterocycles. The lowest BCUT2D eigenvalue weighted by molar-refractivity contribution is -0.137. The summed E-state index contributed by atoms with van der Waals surface area (Å²) in [6.45, 7) is 2.87. The van der Waals surface area contributed by atoms with Crippen molar-refractivity contribution in [2.24, 2.45) is 5.92 Å². The summed E-state index contributed by atoms with van der Waals surface area (Å²) >= 11 is 0. The average molecular weight is 334 g/mol. The highest BCUT2D eigenvalue weighted by Gasteiger charge is 2.22. The second kappa shape index (κ2) is 11.4. The molecule has 1 rings (SSSR count). The Kier molecular flexibility index (Phi) is 9.51. The van der Waals surface area contributed by atoms with Crippen LogP contribution in [0.3, 0.4) is 0 Å². The lowest BCUT2D eigenvalue weighted by atomic mass is 9.97. The van der Waals surface area contributed by atoms with Crippen LogP contribution in [0, 0.1) is 18.3 Å². The molecule has 1 aliphatic heterocycles. The Balaban J connectivity index is 2.80. The lowest BCUT2D eigenvalue weighted by Crippen LogP contribution is -2.37. The molecule has 0 aromatic carbocycles. The van der Waals surface area contributed by atoms with E-state index in [0.29, 0.717) is 38.9 Å². The van der Waals surface area contributed by atoms with E-state index < -0.39 is 11.8 Å². The SMILES string of the molecule is C#CC/C=C1\C=C/COCCCC(C(=O)NO)CC(=O)NC(C)C1. The number of rotatable bonds is 2. The molecule has 0 radical (unpaired) electrons. The molecule has 3 N–H and O–H groups in total. The first-order valence-electron chi connectivity index (χ1n) is 8.17. The molecule has 0 saturated carbocycles. The van der Waals surface area contributed by atoms with Crippen LogP contribution in [-0.2, 0) is 14.3 Å². The fraction of sp³-hybridized carbons (Fsp3) is 0.556. The van der Waals surface area contributed by atoms with Gasteiger partial charge in [0, 0.05) is 31.4 Å². The van der Waals surface area contributed by atoms with Gasteiger partial charge in [-0.2, -0.15) is 0 Å². The molecule has 132 valence electrons. The number of hydrogen-bond donors (Lipinski definition) is 3. The first-order valence-corrected chi connectivity index (χ1v) is 8.17. The van der Waals surface area contributed by atoms with Crippen molar-refractivity contribution in [1.82, 2.24) is 10.8 Å².